The van der Waals surface area contributed by atoms with Gasteiger partial charge in [0.15, 0.2) is 0 Å². The summed E-state index contributed by atoms with van der Waals surface area (Å²) in [5.74, 6) is 0.225. The molecule has 1 aliphatic rings. The van der Waals surface area contributed by atoms with Crippen LogP contribution in [0.2, 0.25) is 0 Å². The first-order valence-corrected chi connectivity index (χ1v) is 9.08. The summed E-state index contributed by atoms with van der Waals surface area (Å²) in [5.41, 5.74) is 0.944. The molecule has 0 bridgehead atoms. The predicted octanol–water partition coefficient (Wildman–Crippen LogP) is 2.11. The third kappa shape index (κ3) is 4.62. The molecule has 0 aliphatic heterocycles. The first-order valence-electron chi connectivity index (χ1n) is 7.50. The van der Waals surface area contributed by atoms with E-state index in [1.54, 1.807) is 24.3 Å². The van der Waals surface area contributed by atoms with Crippen LogP contribution in [0, 0.1) is 0 Å². The van der Waals surface area contributed by atoms with Crippen molar-refractivity contribution in [3.05, 3.63) is 29.8 Å². The molecule has 1 aliphatic carbocycles. The van der Waals surface area contributed by atoms with Crippen molar-refractivity contribution in [3.63, 3.8) is 0 Å². The minimum atomic E-state index is -3.51. The van der Waals surface area contributed by atoms with Crippen LogP contribution in [0.25, 0.3) is 0 Å². The summed E-state index contributed by atoms with van der Waals surface area (Å²) in [5, 5.41) is 2.82. The molecule has 1 fully saturated rings. The van der Waals surface area contributed by atoms with Gasteiger partial charge in [-0.1, -0.05) is 12.1 Å². The first kappa shape index (κ1) is 16.6. The van der Waals surface area contributed by atoms with Crippen molar-refractivity contribution < 1.29 is 17.4 Å². The maximum atomic E-state index is 12.0. The Labute approximate surface area is 131 Å². The molecule has 0 aromatic heterocycles. The monoisotopic (exact) mass is 326 g/mol. The van der Waals surface area contributed by atoms with Crippen LogP contribution >= 0.6 is 0 Å². The van der Waals surface area contributed by atoms with Gasteiger partial charge in [-0.15, -0.1) is 0 Å². The number of carbonyl (C=O) groups excluding carboxylic acids is 1. The van der Waals surface area contributed by atoms with Crippen LogP contribution in [-0.4, -0.2) is 37.7 Å². The molecule has 6 nitrogen and oxygen atoms in total. The van der Waals surface area contributed by atoms with E-state index in [1.165, 1.54) is 6.92 Å². The third-order valence-electron chi connectivity index (χ3n) is 3.43. The molecule has 0 spiro atoms. The zero-order valence-corrected chi connectivity index (χ0v) is 13.7. The second-order valence-corrected chi connectivity index (χ2v) is 7.13. The molecular formula is C15H22N2O4S. The van der Waals surface area contributed by atoms with Crippen molar-refractivity contribution in [1.82, 2.24) is 10.2 Å². The summed E-state index contributed by atoms with van der Waals surface area (Å²) in [7, 11) is -3.51. The Bertz CT molecular complexity index is 609. The first-order chi connectivity index (χ1) is 10.4. The Morgan fingerprint density at radius 3 is 2.41 bits per heavy atom. The van der Waals surface area contributed by atoms with Gasteiger partial charge < -0.3 is 14.4 Å². The van der Waals surface area contributed by atoms with E-state index in [2.05, 4.69) is 5.32 Å². The van der Waals surface area contributed by atoms with E-state index < -0.39 is 10.1 Å². The molecule has 122 valence electrons. The average molecular weight is 326 g/mol. The number of nitrogens with one attached hydrogen (secondary N) is 1. The van der Waals surface area contributed by atoms with Gasteiger partial charge in [0.25, 0.3) is 0 Å². The summed E-state index contributed by atoms with van der Waals surface area (Å²) in [4.78, 5) is 13.9. The lowest BCUT2D eigenvalue weighted by Gasteiger charge is -2.22. The number of rotatable bonds is 7. The largest absolute Gasteiger partial charge is 0.382 e. The van der Waals surface area contributed by atoms with Gasteiger partial charge in [0.05, 0.1) is 5.75 Å². The Morgan fingerprint density at radius 1 is 1.27 bits per heavy atom. The van der Waals surface area contributed by atoms with Crippen molar-refractivity contribution in [2.45, 2.75) is 39.3 Å². The van der Waals surface area contributed by atoms with Gasteiger partial charge in [-0.2, -0.15) is 8.42 Å². The predicted molar refractivity (Wildman–Crippen MR) is 84.2 cm³/mol. The zero-order valence-electron chi connectivity index (χ0n) is 12.9. The maximum Gasteiger partial charge on any atom is 0.317 e. The fourth-order valence-corrected chi connectivity index (χ4v) is 2.58. The number of urea groups is 1. The van der Waals surface area contributed by atoms with Crippen molar-refractivity contribution in [1.29, 1.82) is 0 Å². The molecule has 2 rings (SSSR count). The molecule has 0 atom stereocenters. The van der Waals surface area contributed by atoms with Crippen molar-refractivity contribution in [3.8, 4) is 5.75 Å². The lowest BCUT2D eigenvalue weighted by Crippen LogP contribution is -2.40. The summed E-state index contributed by atoms with van der Waals surface area (Å²) in [6.45, 7) is 4.54. The summed E-state index contributed by atoms with van der Waals surface area (Å²) in [6, 6.07) is 7.06. The number of hydrogen-bond donors (Lipinski definition) is 1. The van der Waals surface area contributed by atoms with Gasteiger partial charge in [0.1, 0.15) is 5.75 Å². The van der Waals surface area contributed by atoms with Crippen LogP contribution in [-0.2, 0) is 16.7 Å². The Morgan fingerprint density at radius 2 is 1.91 bits per heavy atom. The van der Waals surface area contributed by atoms with Gasteiger partial charge in [-0.25, -0.2) is 4.79 Å². The second kappa shape index (κ2) is 7.00. The third-order valence-corrected chi connectivity index (χ3v) is 4.58. The van der Waals surface area contributed by atoms with Crippen LogP contribution in [0.4, 0.5) is 4.79 Å². The van der Waals surface area contributed by atoms with Gasteiger partial charge in [0, 0.05) is 19.1 Å². The topological polar surface area (TPSA) is 75.7 Å². The Balaban J connectivity index is 2.02. The minimum Gasteiger partial charge on any atom is -0.382 e. The molecule has 0 unspecified atom stereocenters. The molecule has 1 aromatic carbocycles. The average Bonchev–Trinajstić information content (AvgIpc) is 3.31. The normalized spacial score (nSPS) is 14.5. The van der Waals surface area contributed by atoms with Crippen molar-refractivity contribution >= 4 is 16.1 Å². The molecule has 2 amide bonds. The second-order valence-electron chi connectivity index (χ2n) is 5.27. The lowest BCUT2D eigenvalue weighted by atomic mass is 10.2. The summed E-state index contributed by atoms with van der Waals surface area (Å²) >= 11 is 0. The Kier molecular flexibility index (Phi) is 5.28. The summed E-state index contributed by atoms with van der Waals surface area (Å²) in [6.07, 6.45) is 2.07. The highest BCUT2D eigenvalue weighted by atomic mass is 32.2. The molecule has 0 heterocycles. The van der Waals surface area contributed by atoms with Crippen LogP contribution < -0.4 is 9.50 Å². The van der Waals surface area contributed by atoms with Crippen molar-refractivity contribution in [2.75, 3.05) is 12.3 Å². The van der Waals surface area contributed by atoms with Gasteiger partial charge >= 0.3 is 16.1 Å². The zero-order chi connectivity index (χ0) is 16.2. The van der Waals surface area contributed by atoms with E-state index in [0.29, 0.717) is 24.9 Å². The number of benzene rings is 1. The number of hydrogen-bond acceptors (Lipinski definition) is 4. The highest BCUT2D eigenvalue weighted by Crippen LogP contribution is 2.28. The molecule has 7 heteroatoms. The van der Waals surface area contributed by atoms with E-state index in [0.717, 1.165) is 18.4 Å². The number of amides is 2. The van der Waals surface area contributed by atoms with E-state index >= 15 is 0 Å². The quantitative estimate of drug-likeness (QED) is 0.779. The molecular weight excluding hydrogens is 304 g/mol. The van der Waals surface area contributed by atoms with Gasteiger partial charge in [-0.05, 0) is 44.4 Å². The molecule has 22 heavy (non-hydrogen) atoms. The van der Waals surface area contributed by atoms with E-state index in [-0.39, 0.29) is 11.8 Å². The smallest absolute Gasteiger partial charge is 0.317 e. The number of nitrogens with zero attached hydrogens (tertiary/aromatic N) is 1. The Hall–Kier alpha value is -1.76. The van der Waals surface area contributed by atoms with Crippen molar-refractivity contribution in [2.24, 2.45) is 0 Å². The molecule has 1 saturated carbocycles. The van der Waals surface area contributed by atoms with Gasteiger partial charge in [-0.3, -0.25) is 0 Å². The SMILES string of the molecule is CCNC(=O)N(Cc1ccc(OS(=O)(=O)CC)cc1)C1CC1. The van der Waals surface area contributed by atoms with E-state index in [4.69, 9.17) is 4.18 Å². The molecule has 0 saturated heterocycles. The highest BCUT2D eigenvalue weighted by Gasteiger charge is 2.32. The number of carbonyl (C=O) groups is 1. The highest BCUT2D eigenvalue weighted by molar-refractivity contribution is 7.87. The van der Waals surface area contributed by atoms with E-state index in [9.17, 15) is 13.2 Å². The fourth-order valence-electron chi connectivity index (χ4n) is 2.06. The fraction of sp³-hybridized carbons (Fsp3) is 0.533. The van der Waals surface area contributed by atoms with Gasteiger partial charge in [0.2, 0.25) is 0 Å². The van der Waals surface area contributed by atoms with Crippen LogP contribution in [0.15, 0.2) is 24.3 Å². The van der Waals surface area contributed by atoms with E-state index in [1.807, 2.05) is 11.8 Å². The molecule has 1 aromatic rings. The lowest BCUT2D eigenvalue weighted by molar-refractivity contribution is 0.192. The molecule has 1 N–H and O–H groups in total. The maximum absolute atomic E-state index is 12.0. The standard InChI is InChI=1S/C15H22N2O4S/c1-3-16-15(18)17(13-7-8-13)11-12-5-9-14(10-6-12)21-22(19,20)4-2/h5-6,9-10,13H,3-4,7-8,11H2,1-2H3,(H,16,18). The molecule has 0 radical (unpaired) electrons. The minimum absolute atomic E-state index is 0.0566. The summed E-state index contributed by atoms with van der Waals surface area (Å²) < 4.78 is 27.7. The van der Waals surface area contributed by atoms with Crippen LogP contribution in [0.3, 0.4) is 0 Å². The van der Waals surface area contributed by atoms with Crippen LogP contribution in [0.1, 0.15) is 32.3 Å². The van der Waals surface area contributed by atoms with Crippen LogP contribution in [0.5, 0.6) is 5.75 Å².